The number of benzene rings is 2. The van der Waals surface area contributed by atoms with Gasteiger partial charge >= 0.3 is 11.9 Å². The summed E-state index contributed by atoms with van der Waals surface area (Å²) in [6.07, 6.45) is 2.47. The van der Waals surface area contributed by atoms with Gasteiger partial charge in [-0.2, -0.15) is 0 Å². The minimum atomic E-state index is -0.352. The highest BCUT2D eigenvalue weighted by Crippen LogP contribution is 2.28. The highest BCUT2D eigenvalue weighted by Gasteiger charge is 2.29. The average molecular weight is 465 g/mol. The SMILES string of the molecule is Nc1ccc(C(=O)OC2CCC(C(=O)Oc3ccc(I)cc3)CC2)cc1. The van der Waals surface area contributed by atoms with Crippen molar-refractivity contribution in [2.24, 2.45) is 5.92 Å². The smallest absolute Gasteiger partial charge is 0.338 e. The highest BCUT2D eigenvalue weighted by atomic mass is 127. The third kappa shape index (κ3) is 4.97. The highest BCUT2D eigenvalue weighted by molar-refractivity contribution is 14.1. The van der Waals surface area contributed by atoms with Crippen LogP contribution in [0.15, 0.2) is 48.5 Å². The fourth-order valence-corrected chi connectivity index (χ4v) is 3.32. The molecule has 0 bridgehead atoms. The maximum atomic E-state index is 12.3. The monoisotopic (exact) mass is 465 g/mol. The zero-order chi connectivity index (χ0) is 18.5. The van der Waals surface area contributed by atoms with Crippen molar-refractivity contribution in [3.05, 3.63) is 57.7 Å². The van der Waals surface area contributed by atoms with E-state index < -0.39 is 0 Å². The van der Waals surface area contributed by atoms with Crippen LogP contribution in [-0.4, -0.2) is 18.0 Å². The van der Waals surface area contributed by atoms with Gasteiger partial charge in [-0.25, -0.2) is 4.79 Å². The minimum absolute atomic E-state index is 0.152. The molecule has 136 valence electrons. The number of anilines is 1. The van der Waals surface area contributed by atoms with Crippen LogP contribution in [0, 0.1) is 9.49 Å². The number of halogens is 1. The number of rotatable bonds is 4. The van der Waals surface area contributed by atoms with Crippen molar-refractivity contribution in [2.75, 3.05) is 5.73 Å². The van der Waals surface area contributed by atoms with Crippen LogP contribution >= 0.6 is 22.6 Å². The molecule has 0 spiro atoms. The number of nitrogens with two attached hydrogens (primary N) is 1. The van der Waals surface area contributed by atoms with Crippen LogP contribution in [-0.2, 0) is 9.53 Å². The Hall–Kier alpha value is -2.09. The van der Waals surface area contributed by atoms with Gasteiger partial charge in [0.1, 0.15) is 11.9 Å². The van der Waals surface area contributed by atoms with E-state index in [1.54, 1.807) is 36.4 Å². The summed E-state index contributed by atoms with van der Waals surface area (Å²) in [6, 6.07) is 14.0. The summed E-state index contributed by atoms with van der Waals surface area (Å²) in [5.74, 6) is -0.155. The minimum Gasteiger partial charge on any atom is -0.459 e. The fraction of sp³-hybridized carbons (Fsp3) is 0.300. The van der Waals surface area contributed by atoms with E-state index in [0.29, 0.717) is 42.7 Å². The predicted octanol–water partition coefficient (Wildman–Crippen LogP) is 4.19. The van der Waals surface area contributed by atoms with Gasteiger partial charge in [0.05, 0.1) is 11.5 Å². The van der Waals surface area contributed by atoms with Crippen molar-refractivity contribution in [1.82, 2.24) is 0 Å². The molecule has 1 saturated carbocycles. The third-order valence-corrected chi connectivity index (χ3v) is 5.18. The second-order valence-electron chi connectivity index (χ2n) is 6.38. The topological polar surface area (TPSA) is 78.6 Å². The van der Waals surface area contributed by atoms with E-state index in [9.17, 15) is 9.59 Å². The Morgan fingerprint density at radius 2 is 1.54 bits per heavy atom. The zero-order valence-corrected chi connectivity index (χ0v) is 16.3. The Labute approximate surface area is 166 Å². The first-order chi connectivity index (χ1) is 12.5. The van der Waals surface area contributed by atoms with Gasteiger partial charge in [-0.05, 0) is 96.8 Å². The molecular formula is C20H20INO4. The standard InChI is InChI=1S/C20H20INO4/c21-15-5-11-18(12-6-15)26-20(24)14-3-9-17(10-4-14)25-19(23)13-1-7-16(22)8-2-13/h1-2,5-8,11-12,14,17H,3-4,9-10,22H2. The van der Waals surface area contributed by atoms with E-state index in [1.165, 1.54) is 0 Å². The molecule has 1 fully saturated rings. The van der Waals surface area contributed by atoms with Crippen LogP contribution < -0.4 is 10.5 Å². The summed E-state index contributed by atoms with van der Waals surface area (Å²) in [7, 11) is 0. The third-order valence-electron chi connectivity index (χ3n) is 4.46. The summed E-state index contributed by atoms with van der Waals surface area (Å²) in [5, 5.41) is 0. The van der Waals surface area contributed by atoms with Gasteiger partial charge in [-0.3, -0.25) is 4.79 Å². The lowest BCUT2D eigenvalue weighted by molar-refractivity contribution is -0.140. The van der Waals surface area contributed by atoms with Crippen LogP contribution in [0.5, 0.6) is 5.75 Å². The molecule has 26 heavy (non-hydrogen) atoms. The molecule has 1 aliphatic rings. The summed E-state index contributed by atoms with van der Waals surface area (Å²) >= 11 is 2.20. The number of esters is 2. The second-order valence-corrected chi connectivity index (χ2v) is 7.62. The molecule has 2 aromatic carbocycles. The first-order valence-electron chi connectivity index (χ1n) is 8.55. The number of carbonyl (C=O) groups excluding carboxylic acids is 2. The lowest BCUT2D eigenvalue weighted by Crippen LogP contribution is -2.30. The van der Waals surface area contributed by atoms with Gasteiger partial charge in [0.2, 0.25) is 0 Å². The van der Waals surface area contributed by atoms with Crippen molar-refractivity contribution in [3.63, 3.8) is 0 Å². The van der Waals surface area contributed by atoms with E-state index in [-0.39, 0.29) is 24.0 Å². The molecule has 0 atom stereocenters. The normalized spacial score (nSPS) is 19.6. The molecular weight excluding hydrogens is 445 g/mol. The molecule has 0 heterocycles. The van der Waals surface area contributed by atoms with Crippen molar-refractivity contribution in [1.29, 1.82) is 0 Å². The second kappa shape index (κ2) is 8.53. The fourth-order valence-electron chi connectivity index (χ4n) is 2.96. The lowest BCUT2D eigenvalue weighted by atomic mass is 9.87. The Bertz CT molecular complexity index is 765. The van der Waals surface area contributed by atoms with Crippen LogP contribution in [0.4, 0.5) is 5.69 Å². The van der Waals surface area contributed by atoms with Gasteiger partial charge in [-0.1, -0.05) is 0 Å². The molecule has 0 radical (unpaired) electrons. The zero-order valence-electron chi connectivity index (χ0n) is 14.2. The van der Waals surface area contributed by atoms with Gasteiger partial charge in [0, 0.05) is 9.26 Å². The molecule has 2 aromatic rings. The molecule has 0 aliphatic heterocycles. The van der Waals surface area contributed by atoms with Crippen molar-refractivity contribution >= 4 is 40.2 Å². The predicted molar refractivity (Wildman–Crippen MR) is 107 cm³/mol. The lowest BCUT2D eigenvalue weighted by Gasteiger charge is -2.27. The Morgan fingerprint density at radius 1 is 0.923 bits per heavy atom. The molecule has 6 heteroatoms. The average Bonchev–Trinajstić information content (AvgIpc) is 2.64. The molecule has 0 aromatic heterocycles. The Balaban J connectivity index is 1.47. The molecule has 3 rings (SSSR count). The van der Waals surface area contributed by atoms with Crippen molar-refractivity contribution in [2.45, 2.75) is 31.8 Å². The molecule has 5 nitrogen and oxygen atoms in total. The van der Waals surface area contributed by atoms with Gasteiger partial charge in [-0.15, -0.1) is 0 Å². The van der Waals surface area contributed by atoms with Crippen molar-refractivity contribution in [3.8, 4) is 5.75 Å². The first-order valence-corrected chi connectivity index (χ1v) is 9.63. The van der Waals surface area contributed by atoms with Crippen LogP contribution in [0.25, 0.3) is 0 Å². The van der Waals surface area contributed by atoms with Crippen molar-refractivity contribution < 1.29 is 19.1 Å². The Morgan fingerprint density at radius 3 is 2.15 bits per heavy atom. The summed E-state index contributed by atoms with van der Waals surface area (Å²) in [6.45, 7) is 0. The molecule has 0 amide bonds. The van der Waals surface area contributed by atoms with E-state index in [1.807, 2.05) is 12.1 Å². The maximum Gasteiger partial charge on any atom is 0.338 e. The quantitative estimate of drug-likeness (QED) is 0.317. The van der Waals surface area contributed by atoms with Gasteiger partial charge in [0.25, 0.3) is 0 Å². The number of carbonyl (C=O) groups is 2. The molecule has 0 unspecified atom stereocenters. The van der Waals surface area contributed by atoms with E-state index >= 15 is 0 Å². The number of nitrogen functional groups attached to an aromatic ring is 1. The summed E-state index contributed by atoms with van der Waals surface area (Å²) in [5.41, 5.74) is 6.71. The molecule has 1 aliphatic carbocycles. The van der Waals surface area contributed by atoms with Gasteiger partial charge in [0.15, 0.2) is 0 Å². The molecule has 2 N–H and O–H groups in total. The van der Waals surface area contributed by atoms with Gasteiger partial charge < -0.3 is 15.2 Å². The van der Waals surface area contributed by atoms with Crippen LogP contribution in [0.2, 0.25) is 0 Å². The van der Waals surface area contributed by atoms with E-state index in [4.69, 9.17) is 15.2 Å². The number of hydrogen-bond acceptors (Lipinski definition) is 5. The summed E-state index contributed by atoms with van der Waals surface area (Å²) in [4.78, 5) is 24.4. The number of hydrogen-bond donors (Lipinski definition) is 1. The largest absolute Gasteiger partial charge is 0.459 e. The first kappa shape index (κ1) is 18.7. The summed E-state index contributed by atoms with van der Waals surface area (Å²) < 4.78 is 12.1. The Kier molecular flexibility index (Phi) is 6.13. The number of ether oxygens (including phenoxy) is 2. The van der Waals surface area contributed by atoms with E-state index in [0.717, 1.165) is 3.57 Å². The van der Waals surface area contributed by atoms with Crippen LogP contribution in [0.3, 0.4) is 0 Å². The van der Waals surface area contributed by atoms with E-state index in [2.05, 4.69) is 22.6 Å². The maximum absolute atomic E-state index is 12.3. The van der Waals surface area contributed by atoms with Crippen LogP contribution in [0.1, 0.15) is 36.0 Å². The molecule has 0 saturated heterocycles.